The predicted molar refractivity (Wildman–Crippen MR) is 93.6 cm³/mol. The van der Waals surface area contributed by atoms with E-state index in [-0.39, 0.29) is 16.3 Å². The lowest BCUT2D eigenvalue weighted by Crippen LogP contribution is -2.09. The third-order valence-corrected chi connectivity index (χ3v) is 3.93. The Morgan fingerprint density at radius 1 is 1.00 bits per heavy atom. The molecule has 0 aliphatic heterocycles. The quantitative estimate of drug-likeness (QED) is 0.294. The molecule has 126 valence electrons. The van der Waals surface area contributed by atoms with E-state index in [4.69, 9.17) is 21.1 Å². The molecule has 3 aromatic carbocycles. The van der Waals surface area contributed by atoms with Crippen molar-refractivity contribution in [2.45, 2.75) is 0 Å². The number of methoxy groups -OCH3 is 1. The topological polar surface area (TPSA) is 78.7 Å². The summed E-state index contributed by atoms with van der Waals surface area (Å²) in [4.78, 5) is 22.5. The van der Waals surface area contributed by atoms with Crippen LogP contribution >= 0.6 is 11.6 Å². The first kappa shape index (κ1) is 16.7. The highest BCUT2D eigenvalue weighted by atomic mass is 35.5. The third-order valence-electron chi connectivity index (χ3n) is 3.61. The van der Waals surface area contributed by atoms with Crippen LogP contribution in [0.5, 0.6) is 11.5 Å². The van der Waals surface area contributed by atoms with E-state index in [1.54, 1.807) is 19.2 Å². The summed E-state index contributed by atoms with van der Waals surface area (Å²) in [5.41, 5.74) is -0.304. The van der Waals surface area contributed by atoms with Gasteiger partial charge in [0.15, 0.2) is 0 Å². The van der Waals surface area contributed by atoms with Crippen molar-refractivity contribution in [2.24, 2.45) is 0 Å². The first-order valence-electron chi connectivity index (χ1n) is 7.22. The van der Waals surface area contributed by atoms with Crippen LogP contribution in [0.4, 0.5) is 5.69 Å². The molecule has 0 saturated carbocycles. The highest BCUT2D eigenvalue weighted by Crippen LogP contribution is 2.27. The second kappa shape index (κ2) is 6.78. The molecule has 0 spiro atoms. The Kier molecular flexibility index (Phi) is 4.54. The molecule has 0 aromatic heterocycles. The van der Waals surface area contributed by atoms with Gasteiger partial charge in [0.2, 0.25) is 0 Å². The maximum Gasteiger partial charge on any atom is 0.343 e. The van der Waals surface area contributed by atoms with Gasteiger partial charge in [0.25, 0.3) is 5.69 Å². The lowest BCUT2D eigenvalue weighted by molar-refractivity contribution is -0.384. The van der Waals surface area contributed by atoms with Crippen molar-refractivity contribution in [1.29, 1.82) is 0 Å². The summed E-state index contributed by atoms with van der Waals surface area (Å²) < 4.78 is 10.5. The number of carbonyl (C=O) groups is 1. The monoisotopic (exact) mass is 357 g/mol. The van der Waals surface area contributed by atoms with Gasteiger partial charge in [-0.2, -0.15) is 0 Å². The van der Waals surface area contributed by atoms with Crippen LogP contribution in [0.25, 0.3) is 10.8 Å². The molecule has 6 nitrogen and oxygen atoms in total. The van der Waals surface area contributed by atoms with Gasteiger partial charge >= 0.3 is 5.97 Å². The van der Waals surface area contributed by atoms with E-state index < -0.39 is 10.9 Å². The Bertz CT molecular complexity index is 986. The fourth-order valence-electron chi connectivity index (χ4n) is 2.34. The summed E-state index contributed by atoms with van der Waals surface area (Å²) in [6, 6.07) is 14.5. The molecular weight excluding hydrogens is 346 g/mol. The van der Waals surface area contributed by atoms with E-state index in [9.17, 15) is 14.9 Å². The van der Waals surface area contributed by atoms with Crippen LogP contribution in [0.15, 0.2) is 54.6 Å². The molecule has 0 amide bonds. The summed E-state index contributed by atoms with van der Waals surface area (Å²) in [6.45, 7) is 0. The molecule has 0 unspecified atom stereocenters. The Balaban J connectivity index is 1.89. The zero-order valence-electron chi connectivity index (χ0n) is 13.1. The number of esters is 1. The van der Waals surface area contributed by atoms with E-state index in [2.05, 4.69) is 0 Å². The molecule has 0 saturated heterocycles. The summed E-state index contributed by atoms with van der Waals surface area (Å²) in [7, 11) is 1.57. The highest BCUT2D eigenvalue weighted by Gasteiger charge is 2.17. The minimum atomic E-state index is -0.706. The number of hydrogen-bond acceptors (Lipinski definition) is 5. The van der Waals surface area contributed by atoms with Crippen molar-refractivity contribution in [2.75, 3.05) is 7.11 Å². The second-order valence-corrected chi connectivity index (χ2v) is 5.59. The first-order valence-corrected chi connectivity index (χ1v) is 7.59. The van der Waals surface area contributed by atoms with Gasteiger partial charge in [0, 0.05) is 6.07 Å². The number of nitrogens with zero attached hydrogens (tertiary/aromatic N) is 1. The van der Waals surface area contributed by atoms with Crippen LogP contribution in [0, 0.1) is 10.1 Å². The summed E-state index contributed by atoms with van der Waals surface area (Å²) in [5, 5.41) is 12.7. The van der Waals surface area contributed by atoms with Crippen LogP contribution in [-0.2, 0) is 0 Å². The molecule has 0 radical (unpaired) electrons. The second-order valence-electron chi connectivity index (χ2n) is 5.19. The van der Waals surface area contributed by atoms with Gasteiger partial charge in [-0.15, -0.1) is 0 Å². The first-order chi connectivity index (χ1) is 12.0. The molecule has 0 bridgehead atoms. The van der Waals surface area contributed by atoms with Gasteiger partial charge in [-0.25, -0.2) is 4.79 Å². The Hall–Kier alpha value is -3.12. The number of hydrogen-bond donors (Lipinski definition) is 0. The van der Waals surface area contributed by atoms with Crippen LogP contribution in [0.2, 0.25) is 5.02 Å². The van der Waals surface area contributed by atoms with E-state index >= 15 is 0 Å². The molecule has 0 fully saturated rings. The molecule has 3 rings (SSSR count). The molecule has 7 heteroatoms. The average Bonchev–Trinajstić information content (AvgIpc) is 2.61. The van der Waals surface area contributed by atoms with Crippen LogP contribution in [0.1, 0.15) is 10.4 Å². The van der Waals surface area contributed by atoms with Crippen molar-refractivity contribution < 1.29 is 19.2 Å². The zero-order valence-corrected chi connectivity index (χ0v) is 13.8. The molecule has 0 aliphatic carbocycles. The summed E-state index contributed by atoms with van der Waals surface area (Å²) >= 11 is 5.74. The lowest BCUT2D eigenvalue weighted by Gasteiger charge is -2.07. The molecule has 0 N–H and O–H groups in total. The fraction of sp³-hybridized carbons (Fsp3) is 0.0556. The number of halogens is 1. The molecule has 3 aromatic rings. The van der Waals surface area contributed by atoms with Crippen LogP contribution in [-0.4, -0.2) is 18.0 Å². The van der Waals surface area contributed by atoms with Crippen molar-refractivity contribution in [3.05, 3.63) is 75.3 Å². The third kappa shape index (κ3) is 3.54. The molecule has 25 heavy (non-hydrogen) atoms. The smallest absolute Gasteiger partial charge is 0.343 e. The number of ether oxygens (including phenoxy) is 2. The Labute approximate surface area is 147 Å². The maximum atomic E-state index is 12.2. The zero-order chi connectivity index (χ0) is 18.0. The van der Waals surface area contributed by atoms with Crippen molar-refractivity contribution in [3.63, 3.8) is 0 Å². The minimum absolute atomic E-state index is 0.0423. The molecule has 0 aliphatic rings. The summed E-state index contributed by atoms with van der Waals surface area (Å²) in [6.07, 6.45) is 0. The number of carbonyl (C=O) groups excluding carboxylic acids is 1. The van der Waals surface area contributed by atoms with Gasteiger partial charge in [-0.3, -0.25) is 10.1 Å². The largest absolute Gasteiger partial charge is 0.497 e. The SMILES string of the molecule is COc1ccc2ccc(OC(=O)c3ccc(Cl)c([N+](=O)[O-])c3)cc2c1. The van der Waals surface area contributed by atoms with E-state index in [0.717, 1.165) is 16.8 Å². The van der Waals surface area contributed by atoms with Crippen molar-refractivity contribution in [1.82, 2.24) is 0 Å². The minimum Gasteiger partial charge on any atom is -0.497 e. The van der Waals surface area contributed by atoms with E-state index in [1.807, 2.05) is 24.3 Å². The highest BCUT2D eigenvalue weighted by molar-refractivity contribution is 6.32. The van der Waals surface area contributed by atoms with Gasteiger partial charge in [-0.05, 0) is 47.2 Å². The van der Waals surface area contributed by atoms with Crippen molar-refractivity contribution in [3.8, 4) is 11.5 Å². The molecule has 0 heterocycles. The number of benzene rings is 3. The standard InChI is InChI=1S/C18H12ClNO5/c1-24-14-5-2-11-3-6-15(9-13(11)8-14)25-18(21)12-4-7-16(19)17(10-12)20(22)23/h2-10H,1H3. The Morgan fingerprint density at radius 2 is 1.68 bits per heavy atom. The van der Waals surface area contributed by atoms with Gasteiger partial charge < -0.3 is 9.47 Å². The van der Waals surface area contributed by atoms with Gasteiger partial charge in [0.05, 0.1) is 17.6 Å². The van der Waals surface area contributed by atoms with Crippen molar-refractivity contribution >= 4 is 34.0 Å². The van der Waals surface area contributed by atoms with Crippen LogP contribution in [0.3, 0.4) is 0 Å². The molecule has 0 atom stereocenters. The maximum absolute atomic E-state index is 12.2. The molecular formula is C18H12ClNO5. The number of nitro benzene ring substituents is 1. The Morgan fingerprint density at radius 3 is 2.36 bits per heavy atom. The van der Waals surface area contributed by atoms with Gasteiger partial charge in [0.1, 0.15) is 16.5 Å². The summed E-state index contributed by atoms with van der Waals surface area (Å²) in [5.74, 6) is 0.301. The average molecular weight is 358 g/mol. The predicted octanol–water partition coefficient (Wildman–Crippen LogP) is 4.63. The van der Waals surface area contributed by atoms with Gasteiger partial charge in [-0.1, -0.05) is 23.7 Å². The van der Waals surface area contributed by atoms with Crippen LogP contribution < -0.4 is 9.47 Å². The number of fused-ring (bicyclic) bond motifs is 1. The fourth-order valence-corrected chi connectivity index (χ4v) is 2.53. The normalized spacial score (nSPS) is 10.5. The van der Waals surface area contributed by atoms with E-state index in [1.165, 1.54) is 12.1 Å². The number of rotatable bonds is 4. The lowest BCUT2D eigenvalue weighted by atomic mass is 10.1. The number of nitro groups is 1. The van der Waals surface area contributed by atoms with E-state index in [0.29, 0.717) is 11.5 Å².